The van der Waals surface area contributed by atoms with Crippen LogP contribution in [0.4, 0.5) is 31.0 Å². The van der Waals surface area contributed by atoms with Crippen LogP contribution in [0.2, 0.25) is 0 Å². The van der Waals surface area contributed by atoms with Gasteiger partial charge in [-0.2, -0.15) is 0 Å². The van der Waals surface area contributed by atoms with Crippen LogP contribution in [0.3, 0.4) is 0 Å². The van der Waals surface area contributed by atoms with E-state index in [1.165, 1.54) is 18.2 Å². The molecule has 0 bridgehead atoms. The van der Waals surface area contributed by atoms with Crippen LogP contribution in [0.25, 0.3) is 0 Å². The van der Waals surface area contributed by atoms with E-state index in [1.807, 2.05) is 38.1 Å². The van der Waals surface area contributed by atoms with Gasteiger partial charge in [0, 0.05) is 57.9 Å². The first-order valence-corrected chi connectivity index (χ1v) is 9.99. The molecule has 0 aromatic heterocycles. The van der Waals surface area contributed by atoms with Crippen LogP contribution >= 0.6 is 0 Å². The van der Waals surface area contributed by atoms with E-state index < -0.39 is 5.82 Å². The normalized spacial score (nSPS) is 10.4. The van der Waals surface area contributed by atoms with Crippen LogP contribution in [0, 0.1) is 5.82 Å². The topological polar surface area (TPSA) is 85.9 Å². The largest absolute Gasteiger partial charge is 0.383 e. The van der Waals surface area contributed by atoms with Crippen molar-refractivity contribution < 1.29 is 18.7 Å². The average Bonchev–Trinajstić information content (AvgIpc) is 2.71. The lowest BCUT2D eigenvalue weighted by molar-refractivity contribution is 0.153. The zero-order valence-electron chi connectivity index (χ0n) is 18.4. The van der Waals surface area contributed by atoms with E-state index in [9.17, 15) is 14.0 Å². The molecule has 9 heteroatoms. The second-order valence-electron chi connectivity index (χ2n) is 7.08. The van der Waals surface area contributed by atoms with Crippen LogP contribution in [0.5, 0.6) is 0 Å². The number of anilines is 3. The number of halogens is 1. The van der Waals surface area contributed by atoms with Crippen molar-refractivity contribution >= 4 is 29.1 Å². The molecule has 0 aliphatic heterocycles. The molecule has 168 valence electrons. The molecule has 0 aliphatic rings. The lowest BCUT2D eigenvalue weighted by Gasteiger charge is -2.26. The molecule has 0 aliphatic carbocycles. The van der Waals surface area contributed by atoms with Crippen molar-refractivity contribution in [2.75, 3.05) is 56.4 Å². The summed E-state index contributed by atoms with van der Waals surface area (Å²) in [6.45, 7) is 3.29. The predicted molar refractivity (Wildman–Crippen MR) is 121 cm³/mol. The third-order valence-corrected chi connectivity index (χ3v) is 4.45. The van der Waals surface area contributed by atoms with Crippen LogP contribution in [0.15, 0.2) is 42.5 Å². The van der Waals surface area contributed by atoms with Gasteiger partial charge in [0.2, 0.25) is 0 Å². The molecule has 3 N–H and O–H groups in total. The van der Waals surface area contributed by atoms with E-state index >= 15 is 0 Å². The maximum absolute atomic E-state index is 13.5. The Balaban J connectivity index is 2.26. The van der Waals surface area contributed by atoms with Crippen molar-refractivity contribution in [2.24, 2.45) is 0 Å². The quantitative estimate of drug-likeness (QED) is 0.565. The number of methoxy groups -OCH3 is 1. The van der Waals surface area contributed by atoms with Crippen molar-refractivity contribution in [3.05, 3.63) is 53.8 Å². The molecule has 2 rings (SSSR count). The lowest BCUT2D eigenvalue weighted by atomic mass is 10.1. The number of ether oxygens (including phenoxy) is 1. The summed E-state index contributed by atoms with van der Waals surface area (Å²) in [6.07, 6.45) is 0. The van der Waals surface area contributed by atoms with Gasteiger partial charge in [0.25, 0.3) is 0 Å². The Hall–Kier alpha value is -3.33. The molecule has 0 spiro atoms. The van der Waals surface area contributed by atoms with Crippen LogP contribution < -0.4 is 20.9 Å². The van der Waals surface area contributed by atoms with Crippen LogP contribution in [-0.2, 0) is 11.3 Å². The van der Waals surface area contributed by atoms with E-state index in [1.54, 1.807) is 24.1 Å². The summed E-state index contributed by atoms with van der Waals surface area (Å²) in [5.41, 5.74) is 2.72. The molecule has 0 saturated carbocycles. The highest BCUT2D eigenvalue weighted by atomic mass is 19.1. The summed E-state index contributed by atoms with van der Waals surface area (Å²) < 4.78 is 18.6. The van der Waals surface area contributed by atoms with Crippen molar-refractivity contribution in [3.8, 4) is 0 Å². The molecule has 8 nitrogen and oxygen atoms in total. The van der Waals surface area contributed by atoms with E-state index in [0.29, 0.717) is 31.1 Å². The molecular formula is C22H30FN5O3. The number of nitrogens with zero attached hydrogens (tertiary/aromatic N) is 2. The van der Waals surface area contributed by atoms with Crippen molar-refractivity contribution in [2.45, 2.75) is 13.5 Å². The Kier molecular flexibility index (Phi) is 9.08. The molecule has 0 unspecified atom stereocenters. The fourth-order valence-electron chi connectivity index (χ4n) is 2.99. The number of rotatable bonds is 9. The zero-order valence-corrected chi connectivity index (χ0v) is 18.4. The lowest BCUT2D eigenvalue weighted by Crippen LogP contribution is -2.37. The summed E-state index contributed by atoms with van der Waals surface area (Å²) in [6, 6.07) is 10.6. The molecule has 0 atom stereocenters. The molecule has 0 heterocycles. The number of benzene rings is 2. The van der Waals surface area contributed by atoms with Gasteiger partial charge in [-0.15, -0.1) is 0 Å². The van der Waals surface area contributed by atoms with Gasteiger partial charge in [0.15, 0.2) is 0 Å². The molecular weight excluding hydrogens is 401 g/mol. The summed E-state index contributed by atoms with van der Waals surface area (Å²) in [5, 5.41) is 8.20. The van der Waals surface area contributed by atoms with Gasteiger partial charge in [0.05, 0.1) is 6.61 Å². The van der Waals surface area contributed by atoms with Crippen molar-refractivity contribution in [1.29, 1.82) is 0 Å². The standard InChI is InChI=1S/C22H30FN5O3/c1-5-24-21(29)25-19-9-10-20(27(2)3)16(13-19)15-28(11-12-31-4)22(30)26-18-8-6-7-17(23)14-18/h6-10,13-14H,5,11-12,15H2,1-4H3,(H,26,30)(H2,24,25,29). The number of urea groups is 2. The molecule has 4 amide bonds. The minimum atomic E-state index is -0.430. The van der Waals surface area contributed by atoms with Gasteiger partial charge in [-0.05, 0) is 48.9 Å². The maximum atomic E-state index is 13.5. The number of amides is 4. The minimum absolute atomic E-state index is 0.267. The Labute approximate surface area is 182 Å². The highest BCUT2D eigenvalue weighted by Crippen LogP contribution is 2.25. The number of nitrogens with one attached hydrogen (secondary N) is 3. The van der Waals surface area contributed by atoms with Crippen molar-refractivity contribution in [3.63, 3.8) is 0 Å². The maximum Gasteiger partial charge on any atom is 0.322 e. The number of carbonyl (C=O) groups excluding carboxylic acids is 2. The summed E-state index contributed by atoms with van der Waals surface area (Å²) in [5.74, 6) is -0.430. The van der Waals surface area contributed by atoms with Crippen molar-refractivity contribution in [1.82, 2.24) is 10.2 Å². The first-order chi connectivity index (χ1) is 14.8. The predicted octanol–water partition coefficient (Wildman–Crippen LogP) is 3.71. The molecule has 0 radical (unpaired) electrons. The minimum Gasteiger partial charge on any atom is -0.383 e. The average molecular weight is 432 g/mol. The first kappa shape index (κ1) is 23.9. The molecule has 31 heavy (non-hydrogen) atoms. The van der Waals surface area contributed by atoms with Crippen LogP contribution in [0.1, 0.15) is 12.5 Å². The number of carbonyl (C=O) groups is 2. The van der Waals surface area contributed by atoms with E-state index in [-0.39, 0.29) is 18.6 Å². The Morgan fingerprint density at radius 2 is 1.81 bits per heavy atom. The third-order valence-electron chi connectivity index (χ3n) is 4.45. The summed E-state index contributed by atoms with van der Waals surface area (Å²) in [4.78, 5) is 28.3. The second kappa shape index (κ2) is 11.8. The fourth-order valence-corrected chi connectivity index (χ4v) is 2.99. The van der Waals surface area contributed by atoms with Gasteiger partial charge in [-0.1, -0.05) is 6.07 Å². The van der Waals surface area contributed by atoms with Gasteiger partial charge >= 0.3 is 12.1 Å². The van der Waals surface area contributed by atoms with Gasteiger partial charge < -0.3 is 30.5 Å². The summed E-state index contributed by atoms with van der Waals surface area (Å²) in [7, 11) is 5.37. The zero-order chi connectivity index (χ0) is 22.8. The molecule has 0 fully saturated rings. The number of hydrogen-bond acceptors (Lipinski definition) is 4. The Morgan fingerprint density at radius 1 is 1.06 bits per heavy atom. The van der Waals surface area contributed by atoms with E-state index in [4.69, 9.17) is 4.74 Å². The van der Waals surface area contributed by atoms with E-state index in [2.05, 4.69) is 16.0 Å². The fraction of sp³-hybridized carbons (Fsp3) is 0.364. The molecule has 2 aromatic rings. The number of hydrogen-bond donors (Lipinski definition) is 3. The smallest absolute Gasteiger partial charge is 0.322 e. The highest BCUT2D eigenvalue weighted by Gasteiger charge is 2.18. The first-order valence-electron chi connectivity index (χ1n) is 9.99. The Bertz CT molecular complexity index is 891. The van der Waals surface area contributed by atoms with Gasteiger partial charge in [0.1, 0.15) is 5.82 Å². The van der Waals surface area contributed by atoms with Gasteiger partial charge in [-0.25, -0.2) is 14.0 Å². The van der Waals surface area contributed by atoms with Gasteiger partial charge in [-0.3, -0.25) is 0 Å². The second-order valence-corrected chi connectivity index (χ2v) is 7.08. The van der Waals surface area contributed by atoms with E-state index in [0.717, 1.165) is 11.3 Å². The monoisotopic (exact) mass is 431 g/mol. The SMILES string of the molecule is CCNC(=O)Nc1ccc(N(C)C)c(CN(CCOC)C(=O)Nc2cccc(F)c2)c1. The Morgan fingerprint density at radius 3 is 2.45 bits per heavy atom. The molecule has 0 saturated heterocycles. The van der Waals surface area contributed by atoms with Crippen LogP contribution in [-0.4, -0.2) is 57.9 Å². The summed E-state index contributed by atoms with van der Waals surface area (Å²) >= 11 is 0. The highest BCUT2D eigenvalue weighted by molar-refractivity contribution is 5.90. The third kappa shape index (κ3) is 7.45. The molecule has 2 aromatic carbocycles.